The summed E-state index contributed by atoms with van der Waals surface area (Å²) in [6, 6.07) is 5.97. The van der Waals surface area contributed by atoms with Crippen molar-refractivity contribution in [1.82, 2.24) is 9.88 Å². The lowest BCUT2D eigenvalue weighted by Gasteiger charge is -2.21. The van der Waals surface area contributed by atoms with Crippen molar-refractivity contribution in [3.63, 3.8) is 0 Å². The number of likely N-dealkylation sites (N-methyl/N-ethyl adjacent to an activating group) is 1. The Morgan fingerprint density at radius 3 is 2.71 bits per heavy atom. The molecule has 0 spiro atoms. The third kappa shape index (κ3) is 4.25. The Morgan fingerprint density at radius 1 is 1.36 bits per heavy atom. The molecule has 146 valence electrons. The number of nitrogens with one attached hydrogen (secondary N) is 1. The highest BCUT2D eigenvalue weighted by Crippen LogP contribution is 2.33. The Morgan fingerprint density at radius 2 is 2.11 bits per heavy atom. The summed E-state index contributed by atoms with van der Waals surface area (Å²) in [4.78, 5) is 18.5. The summed E-state index contributed by atoms with van der Waals surface area (Å²) < 4.78 is 0. The van der Waals surface area contributed by atoms with Gasteiger partial charge in [0.05, 0.1) is 0 Å². The smallest absolute Gasteiger partial charge is 0.228 e. The van der Waals surface area contributed by atoms with Gasteiger partial charge in [-0.3, -0.25) is 4.79 Å². The average Bonchev–Trinajstić information content (AvgIpc) is 3.49. The van der Waals surface area contributed by atoms with Gasteiger partial charge in [-0.05, 0) is 54.5 Å². The fourth-order valence-corrected chi connectivity index (χ4v) is 3.25. The van der Waals surface area contributed by atoms with Crippen molar-refractivity contribution in [1.29, 1.82) is 0 Å². The number of anilines is 2. The van der Waals surface area contributed by atoms with Crippen LogP contribution in [0.1, 0.15) is 31.7 Å². The van der Waals surface area contributed by atoms with E-state index in [4.69, 9.17) is 5.73 Å². The van der Waals surface area contributed by atoms with Crippen LogP contribution in [0.2, 0.25) is 0 Å². The number of nitrogens with zero attached hydrogens (tertiary/aromatic N) is 2. The molecule has 0 saturated heterocycles. The van der Waals surface area contributed by atoms with Crippen LogP contribution in [0.5, 0.6) is 0 Å². The van der Waals surface area contributed by atoms with E-state index < -0.39 is 0 Å². The van der Waals surface area contributed by atoms with Crippen molar-refractivity contribution >= 4 is 33.8 Å². The van der Waals surface area contributed by atoms with Gasteiger partial charge in [-0.25, -0.2) is 4.98 Å². The minimum atomic E-state index is 0.0476. The fraction of sp³-hybridized carbons (Fsp3) is 0.304. The molecule has 1 fully saturated rings. The molecule has 5 heteroatoms. The van der Waals surface area contributed by atoms with Gasteiger partial charge in [-0.15, -0.1) is 0 Å². The van der Waals surface area contributed by atoms with Crippen LogP contribution in [0, 0.1) is 5.92 Å². The monoisotopic (exact) mass is 376 g/mol. The normalized spacial score (nSPS) is 14.8. The number of nitrogens with two attached hydrogens (primary N) is 1. The first-order chi connectivity index (χ1) is 13.4. The zero-order valence-corrected chi connectivity index (χ0v) is 16.8. The number of hydrogen-bond acceptors (Lipinski definition) is 4. The number of nitrogen functional groups attached to an aromatic ring is 1. The molecule has 1 aliphatic carbocycles. The van der Waals surface area contributed by atoms with Gasteiger partial charge in [0.2, 0.25) is 5.91 Å². The number of allylic oxidation sites excluding steroid dienone is 4. The summed E-state index contributed by atoms with van der Waals surface area (Å²) in [7, 11) is 4.03. The minimum absolute atomic E-state index is 0.0476. The Kier molecular flexibility index (Phi) is 5.83. The zero-order chi connectivity index (χ0) is 20.3. The molecule has 3 rings (SSSR count). The number of amides is 1. The third-order valence-electron chi connectivity index (χ3n) is 4.82. The number of carbonyl (C=O) groups excluding carboxylic acids is 1. The Bertz CT molecular complexity index is 968. The second kappa shape index (κ2) is 8.30. The number of aromatic nitrogens is 1. The maximum atomic E-state index is 12.1. The van der Waals surface area contributed by atoms with Crippen LogP contribution in [-0.2, 0) is 4.79 Å². The lowest BCUT2D eigenvalue weighted by atomic mass is 9.96. The van der Waals surface area contributed by atoms with E-state index in [2.05, 4.69) is 40.8 Å². The van der Waals surface area contributed by atoms with Gasteiger partial charge in [0, 0.05) is 48.6 Å². The molecule has 1 aromatic carbocycles. The maximum Gasteiger partial charge on any atom is 0.228 e. The van der Waals surface area contributed by atoms with E-state index in [0.29, 0.717) is 11.5 Å². The first-order valence-electron chi connectivity index (χ1n) is 9.65. The molecule has 3 N–H and O–H groups in total. The largest absolute Gasteiger partial charge is 0.398 e. The molecule has 1 heterocycles. The second-order valence-corrected chi connectivity index (χ2v) is 7.33. The van der Waals surface area contributed by atoms with E-state index in [1.165, 1.54) is 0 Å². The molecular formula is C23H28N4O. The molecule has 0 bridgehead atoms. The van der Waals surface area contributed by atoms with Crippen molar-refractivity contribution in [2.24, 2.45) is 5.92 Å². The number of fused-ring (bicyclic) bond motifs is 1. The highest BCUT2D eigenvalue weighted by molar-refractivity contribution is 6.00. The van der Waals surface area contributed by atoms with Gasteiger partial charge in [0.25, 0.3) is 0 Å². The zero-order valence-electron chi connectivity index (χ0n) is 16.8. The lowest BCUT2D eigenvalue weighted by molar-refractivity contribution is -0.117. The molecule has 2 aromatic rings. The summed E-state index contributed by atoms with van der Waals surface area (Å²) in [5, 5.41) is 4.74. The number of benzene rings is 1. The van der Waals surface area contributed by atoms with E-state index in [9.17, 15) is 4.79 Å². The van der Waals surface area contributed by atoms with Crippen molar-refractivity contribution in [2.45, 2.75) is 26.2 Å². The van der Waals surface area contributed by atoms with E-state index in [1.54, 1.807) is 12.3 Å². The molecule has 0 unspecified atom stereocenters. The predicted molar refractivity (Wildman–Crippen MR) is 118 cm³/mol. The minimum Gasteiger partial charge on any atom is -0.398 e. The molecule has 0 atom stereocenters. The summed E-state index contributed by atoms with van der Waals surface area (Å²) in [6.45, 7) is 5.95. The van der Waals surface area contributed by atoms with Crippen molar-refractivity contribution in [3.05, 3.63) is 60.5 Å². The van der Waals surface area contributed by atoms with E-state index in [-0.39, 0.29) is 11.8 Å². The second-order valence-electron chi connectivity index (χ2n) is 7.33. The molecule has 0 aliphatic heterocycles. The number of carbonyl (C=O) groups is 1. The predicted octanol–water partition coefficient (Wildman–Crippen LogP) is 4.59. The molecule has 28 heavy (non-hydrogen) atoms. The Balaban J connectivity index is 2.06. The van der Waals surface area contributed by atoms with Crippen LogP contribution < -0.4 is 11.1 Å². The molecule has 1 aromatic heterocycles. The van der Waals surface area contributed by atoms with Crippen LogP contribution in [-0.4, -0.2) is 29.9 Å². The third-order valence-corrected chi connectivity index (χ3v) is 4.82. The van der Waals surface area contributed by atoms with Crippen LogP contribution in [0.25, 0.3) is 16.3 Å². The number of pyridine rings is 1. The first kappa shape index (κ1) is 19.7. The van der Waals surface area contributed by atoms with Gasteiger partial charge in [-0.1, -0.05) is 25.7 Å². The highest BCUT2D eigenvalue weighted by Gasteiger charge is 2.29. The van der Waals surface area contributed by atoms with E-state index >= 15 is 0 Å². The van der Waals surface area contributed by atoms with Crippen LogP contribution in [0.4, 0.5) is 11.5 Å². The molecule has 1 saturated carbocycles. The SMILES string of the molecule is C=C/C=C(\C(=C/CC)c1cc(N)c2cnc(NC(=O)C3CC3)cc2c1)N(C)C. The van der Waals surface area contributed by atoms with E-state index in [0.717, 1.165) is 46.9 Å². The molecule has 1 amide bonds. The van der Waals surface area contributed by atoms with Gasteiger partial charge >= 0.3 is 0 Å². The van der Waals surface area contributed by atoms with Crippen molar-refractivity contribution in [2.75, 3.05) is 25.1 Å². The van der Waals surface area contributed by atoms with Gasteiger partial charge in [0.15, 0.2) is 0 Å². The Hall–Kier alpha value is -3.08. The van der Waals surface area contributed by atoms with Gasteiger partial charge in [-0.2, -0.15) is 0 Å². The summed E-state index contributed by atoms with van der Waals surface area (Å²) in [6.07, 6.45) is 10.5. The van der Waals surface area contributed by atoms with Crippen molar-refractivity contribution < 1.29 is 4.79 Å². The van der Waals surface area contributed by atoms with Crippen LogP contribution in [0.15, 0.2) is 54.9 Å². The fourth-order valence-electron chi connectivity index (χ4n) is 3.25. The molecule has 1 aliphatic rings. The summed E-state index contributed by atoms with van der Waals surface area (Å²) in [5.41, 5.74) is 10.2. The van der Waals surface area contributed by atoms with Crippen molar-refractivity contribution in [3.8, 4) is 0 Å². The summed E-state index contributed by atoms with van der Waals surface area (Å²) in [5.74, 6) is 0.752. The van der Waals surface area contributed by atoms with Gasteiger partial charge < -0.3 is 16.0 Å². The van der Waals surface area contributed by atoms with Crippen LogP contribution >= 0.6 is 0 Å². The lowest BCUT2D eigenvalue weighted by Crippen LogP contribution is -2.14. The first-order valence-corrected chi connectivity index (χ1v) is 9.65. The molecular weight excluding hydrogens is 348 g/mol. The molecule has 0 radical (unpaired) electrons. The highest BCUT2D eigenvalue weighted by atomic mass is 16.2. The maximum absolute atomic E-state index is 12.1. The summed E-state index contributed by atoms with van der Waals surface area (Å²) >= 11 is 0. The Labute approximate surface area is 166 Å². The quantitative estimate of drug-likeness (QED) is 0.548. The van der Waals surface area contributed by atoms with Crippen LogP contribution in [0.3, 0.4) is 0 Å². The molecule has 5 nitrogen and oxygen atoms in total. The topological polar surface area (TPSA) is 71.2 Å². The number of rotatable bonds is 7. The van der Waals surface area contributed by atoms with Gasteiger partial charge in [0.1, 0.15) is 5.82 Å². The van der Waals surface area contributed by atoms with E-state index in [1.807, 2.05) is 32.3 Å². The number of hydrogen-bond donors (Lipinski definition) is 2. The average molecular weight is 377 g/mol. The standard InChI is InChI=1S/C23H28N4O/c1-5-7-18(21(8-6-2)27(3)4)16-11-17-13-22(26-23(28)15-9-10-15)25-14-19(17)20(24)12-16/h6-8,11-15H,2,5,9-10,24H2,1,3-4H3,(H,25,26,28)/b18-7-,21-8+.